The fourth-order valence-electron chi connectivity index (χ4n) is 1.92. The van der Waals surface area contributed by atoms with Crippen LogP contribution in [0.4, 0.5) is 8.78 Å². The second kappa shape index (κ2) is 10.8. The molecule has 2 atom stereocenters. The number of alkyl halides is 2. The number of hydrogen-bond donors (Lipinski definition) is 2. The number of ether oxygens (including phenoxy) is 2. The minimum atomic E-state index is -1.66. The first-order valence-electron chi connectivity index (χ1n) is 7.19. The zero-order chi connectivity index (χ0) is 17.0. The van der Waals surface area contributed by atoms with Crippen LogP contribution in [0.15, 0.2) is 0 Å². The number of hydrogen-bond acceptors (Lipinski definition) is 6. The van der Waals surface area contributed by atoms with Gasteiger partial charge in [0.1, 0.15) is 12.3 Å². The van der Waals surface area contributed by atoms with Gasteiger partial charge in [0.05, 0.1) is 31.8 Å². The second-order valence-electron chi connectivity index (χ2n) is 5.43. The largest absolute Gasteiger partial charge is 1.00 e. The molecule has 10 heteroatoms. The van der Waals surface area contributed by atoms with Crippen molar-refractivity contribution in [2.24, 2.45) is 10.8 Å². The van der Waals surface area contributed by atoms with Crippen LogP contribution in [0.2, 0.25) is 0 Å². The summed E-state index contributed by atoms with van der Waals surface area (Å²) in [5, 5.41) is 16.9. The summed E-state index contributed by atoms with van der Waals surface area (Å²) in [4.78, 5) is 22.6. The maximum absolute atomic E-state index is 13.0. The van der Waals surface area contributed by atoms with E-state index < -0.39 is 35.1 Å². The summed E-state index contributed by atoms with van der Waals surface area (Å²) < 4.78 is 34.3. The Labute approximate surface area is 164 Å². The number of rotatable bonds is 6. The predicted octanol–water partition coefficient (Wildman–Crippen LogP) is -3.53. The molecule has 2 unspecified atom stereocenters. The molecule has 0 amide bonds. The Kier molecular flexibility index (Phi) is 11.7. The van der Waals surface area contributed by atoms with Gasteiger partial charge in [-0.25, -0.2) is 8.78 Å². The van der Waals surface area contributed by atoms with Gasteiger partial charge in [-0.1, -0.05) is 0 Å². The molecule has 2 aliphatic rings. The number of carbonyl (C=O) groups is 2. The van der Waals surface area contributed by atoms with Crippen molar-refractivity contribution < 1.29 is 58.3 Å². The van der Waals surface area contributed by atoms with Crippen LogP contribution in [0.1, 0.15) is 28.1 Å². The van der Waals surface area contributed by atoms with E-state index in [1.54, 1.807) is 13.8 Å². The Bertz CT molecular complexity index is 405. The predicted molar refractivity (Wildman–Crippen MR) is 82.4 cm³/mol. The van der Waals surface area contributed by atoms with Crippen LogP contribution < -0.4 is 18.9 Å². The number of aliphatic hydroxyl groups excluding tert-OH is 2. The van der Waals surface area contributed by atoms with E-state index in [2.05, 4.69) is 9.47 Å². The van der Waals surface area contributed by atoms with Crippen LogP contribution >= 0.6 is 0 Å². The standard InChI is InChI=1S/C9H13FO4.C5H9FO2.Al.Li.4H/c1-3-13-7(11)9(5-6(9)10)8(12)14-4-2;6-4-1-5(4,2-7)3-8;;;;;;/h6H,3-5H2,1-2H3;4,7-8H,1-3H2;;;;;;/q;;;+1;;;;-1. The smallest absolute Gasteiger partial charge is 1.00 e. The molecule has 0 bridgehead atoms. The van der Waals surface area contributed by atoms with Gasteiger partial charge in [-0.2, -0.15) is 0 Å². The number of esters is 2. The summed E-state index contributed by atoms with van der Waals surface area (Å²) in [6, 6.07) is 0. The van der Waals surface area contributed by atoms with E-state index in [9.17, 15) is 18.4 Å². The van der Waals surface area contributed by atoms with Crippen LogP contribution in [0.25, 0.3) is 0 Å². The first-order chi connectivity index (χ1) is 10.3. The van der Waals surface area contributed by atoms with E-state index in [0.717, 1.165) is 0 Å². The maximum Gasteiger partial charge on any atom is 1.00 e. The van der Waals surface area contributed by atoms with Crippen molar-refractivity contribution >= 4 is 29.3 Å². The third kappa shape index (κ3) is 5.42. The van der Waals surface area contributed by atoms with Gasteiger partial charge in [0.2, 0.25) is 0 Å². The SMILES string of the molecule is CCOC(=O)C1(C(=O)OCC)CC1F.OCC1(CO)CC1F.[AlH3].[H-].[Li+]. The van der Waals surface area contributed by atoms with E-state index in [1.807, 2.05) is 0 Å². The van der Waals surface area contributed by atoms with Crippen molar-refractivity contribution in [3.8, 4) is 0 Å². The van der Waals surface area contributed by atoms with Gasteiger partial charge >= 0.3 is 30.8 Å². The van der Waals surface area contributed by atoms with Gasteiger partial charge in [0.15, 0.2) is 22.8 Å². The van der Waals surface area contributed by atoms with Crippen molar-refractivity contribution in [3.05, 3.63) is 0 Å². The first kappa shape index (κ1) is 26.1. The molecule has 2 fully saturated rings. The first-order valence-corrected chi connectivity index (χ1v) is 7.19. The Balaban J connectivity index is -0.000000384. The van der Waals surface area contributed by atoms with E-state index in [1.165, 1.54) is 0 Å². The molecule has 0 heterocycles. The molecule has 2 rings (SSSR count). The van der Waals surface area contributed by atoms with Gasteiger partial charge in [0.25, 0.3) is 0 Å². The van der Waals surface area contributed by atoms with E-state index in [0.29, 0.717) is 6.42 Å². The fraction of sp³-hybridized carbons (Fsp3) is 0.857. The Morgan fingerprint density at radius 2 is 1.38 bits per heavy atom. The fourth-order valence-corrected chi connectivity index (χ4v) is 1.92. The van der Waals surface area contributed by atoms with Crippen molar-refractivity contribution in [2.45, 2.75) is 39.0 Å². The molecule has 0 aromatic carbocycles. The average Bonchev–Trinajstić information content (AvgIpc) is 3.36. The molecular formula is C14H26AlF2LiO6. The normalized spacial score (nSPS) is 24.1. The van der Waals surface area contributed by atoms with Crippen LogP contribution in [0, 0.1) is 10.8 Å². The van der Waals surface area contributed by atoms with Gasteiger partial charge in [-0.05, 0) is 20.3 Å². The molecule has 136 valence electrons. The number of carbonyl (C=O) groups excluding carboxylic acids is 2. The molecule has 24 heavy (non-hydrogen) atoms. The van der Waals surface area contributed by atoms with Crippen molar-refractivity contribution in [2.75, 3.05) is 26.4 Å². The molecule has 2 saturated carbocycles. The number of halogens is 2. The van der Waals surface area contributed by atoms with Crippen molar-refractivity contribution in [1.82, 2.24) is 0 Å². The molecule has 0 aliphatic heterocycles. The van der Waals surface area contributed by atoms with Crippen molar-refractivity contribution in [1.29, 1.82) is 0 Å². The summed E-state index contributed by atoms with van der Waals surface area (Å²) >= 11 is 0. The summed E-state index contributed by atoms with van der Waals surface area (Å²) in [5.41, 5.74) is -2.42. The summed E-state index contributed by atoms with van der Waals surface area (Å²) in [6.07, 6.45) is -2.23. The molecule has 0 radical (unpaired) electrons. The van der Waals surface area contributed by atoms with Gasteiger partial charge < -0.3 is 21.1 Å². The zero-order valence-electron chi connectivity index (χ0n) is 14.7. The van der Waals surface area contributed by atoms with E-state index in [4.69, 9.17) is 10.2 Å². The molecular weight excluding hydrogens is 336 g/mol. The number of aliphatic hydroxyl groups is 2. The monoisotopic (exact) mass is 362 g/mol. The van der Waals surface area contributed by atoms with Crippen LogP contribution in [-0.4, -0.2) is 78.3 Å². The zero-order valence-corrected chi connectivity index (χ0v) is 13.7. The summed E-state index contributed by atoms with van der Waals surface area (Å²) in [6.45, 7) is 3.01. The Morgan fingerprint density at radius 3 is 1.50 bits per heavy atom. The molecule has 0 aromatic heterocycles. The minimum absolute atomic E-state index is 0. The third-order valence-corrected chi connectivity index (χ3v) is 3.88. The molecule has 0 saturated heterocycles. The molecule has 2 aliphatic carbocycles. The van der Waals surface area contributed by atoms with Crippen LogP contribution in [0.5, 0.6) is 0 Å². The quantitative estimate of drug-likeness (QED) is 0.289. The Morgan fingerprint density at radius 1 is 1.04 bits per heavy atom. The molecule has 6 nitrogen and oxygen atoms in total. The molecule has 0 aromatic rings. The minimum Gasteiger partial charge on any atom is -1.00 e. The van der Waals surface area contributed by atoms with E-state index >= 15 is 0 Å². The van der Waals surface area contributed by atoms with E-state index in [-0.39, 0.29) is 70.5 Å². The summed E-state index contributed by atoms with van der Waals surface area (Å²) in [5.74, 6) is -1.63. The Hall–Kier alpha value is -0.150. The van der Waals surface area contributed by atoms with Crippen LogP contribution in [-0.2, 0) is 19.1 Å². The molecule has 2 N–H and O–H groups in total. The topological polar surface area (TPSA) is 93.1 Å². The molecule has 0 spiro atoms. The van der Waals surface area contributed by atoms with Gasteiger partial charge in [-0.3, -0.25) is 9.59 Å². The third-order valence-electron chi connectivity index (χ3n) is 3.88. The summed E-state index contributed by atoms with van der Waals surface area (Å²) in [7, 11) is 0. The van der Waals surface area contributed by atoms with Gasteiger partial charge in [0, 0.05) is 6.42 Å². The maximum atomic E-state index is 13.0. The van der Waals surface area contributed by atoms with Crippen molar-refractivity contribution in [3.63, 3.8) is 0 Å². The van der Waals surface area contributed by atoms with Gasteiger partial charge in [-0.15, -0.1) is 0 Å². The second-order valence-corrected chi connectivity index (χ2v) is 5.43. The average molecular weight is 362 g/mol. The van der Waals surface area contributed by atoms with Crippen LogP contribution in [0.3, 0.4) is 0 Å².